The maximum Gasteiger partial charge on any atom is 0.0159 e. The Labute approximate surface area is 345 Å². The quantitative estimate of drug-likeness (QED) is 0.158. The number of benzene rings is 7. The molecule has 0 unspecified atom stereocenters. The van der Waals surface area contributed by atoms with Crippen molar-refractivity contribution in [2.75, 3.05) is 0 Å². The minimum atomic E-state index is -0.101. The van der Waals surface area contributed by atoms with Crippen LogP contribution in [0, 0.1) is 13.8 Å². The van der Waals surface area contributed by atoms with Gasteiger partial charge in [0.25, 0.3) is 0 Å². The molecule has 0 radical (unpaired) electrons. The maximum absolute atomic E-state index is 2.53. The van der Waals surface area contributed by atoms with Gasteiger partial charge in [-0.2, -0.15) is 0 Å². The number of fused-ring (bicyclic) bond motifs is 12. The molecule has 7 aromatic rings. The smallest absolute Gasteiger partial charge is 0.0159 e. The van der Waals surface area contributed by atoms with Gasteiger partial charge in [0.05, 0.1) is 0 Å². The van der Waals surface area contributed by atoms with Crippen LogP contribution in [0.5, 0.6) is 0 Å². The van der Waals surface area contributed by atoms with E-state index in [1.54, 1.807) is 0 Å². The third-order valence-electron chi connectivity index (χ3n) is 15.0. The van der Waals surface area contributed by atoms with Gasteiger partial charge in [0.1, 0.15) is 0 Å². The summed E-state index contributed by atoms with van der Waals surface area (Å²) >= 11 is 0. The zero-order valence-electron chi connectivity index (χ0n) is 35.7. The highest BCUT2D eigenvalue weighted by Gasteiger charge is 2.43. The molecule has 0 aromatic heterocycles. The molecule has 4 aliphatic carbocycles. The molecule has 0 atom stereocenters. The van der Waals surface area contributed by atoms with Crippen LogP contribution in [0.3, 0.4) is 0 Å². The standard InChI is InChI=1S/C58H52/c1-33-11-18-37(19-12-33)38-20-24-42-46-32-53-45(31-54(46)58(9,10)50(42)28-38)41-23-17-36(27-49(41)57(53,7)8)15-14-35-16-22-40-44-30-51-43(29-52(44)56(5,6)48(40)26-35)39-21-13-34(2)25-47(39)55(51,3)4/h11-32H,1-10H3/b15-14+. The van der Waals surface area contributed by atoms with Crippen molar-refractivity contribution in [1.82, 2.24) is 0 Å². The van der Waals surface area contributed by atoms with Crippen molar-refractivity contribution in [3.63, 3.8) is 0 Å². The summed E-state index contributed by atoms with van der Waals surface area (Å²) < 4.78 is 0. The molecule has 11 rings (SSSR count). The van der Waals surface area contributed by atoms with Gasteiger partial charge >= 0.3 is 0 Å². The second kappa shape index (κ2) is 11.5. The van der Waals surface area contributed by atoms with E-state index >= 15 is 0 Å². The largest absolute Gasteiger partial charge is 0.0587 e. The Hall–Kier alpha value is -5.72. The fraction of sp³-hybridized carbons (Fsp3) is 0.241. The molecule has 0 saturated heterocycles. The van der Waals surface area contributed by atoms with E-state index in [0.717, 1.165) is 0 Å². The van der Waals surface area contributed by atoms with Gasteiger partial charge in [-0.15, -0.1) is 0 Å². The third-order valence-corrected chi connectivity index (χ3v) is 15.0. The van der Waals surface area contributed by atoms with Gasteiger partial charge in [-0.05, 0) is 155 Å². The first-order chi connectivity index (χ1) is 27.5. The van der Waals surface area contributed by atoms with Crippen LogP contribution in [-0.4, -0.2) is 0 Å². The van der Waals surface area contributed by atoms with Crippen molar-refractivity contribution in [2.24, 2.45) is 0 Å². The van der Waals surface area contributed by atoms with Crippen molar-refractivity contribution in [3.8, 4) is 55.6 Å². The molecule has 0 bridgehead atoms. The molecule has 0 amide bonds. The second-order valence-corrected chi connectivity index (χ2v) is 20.0. The first-order valence-electron chi connectivity index (χ1n) is 21.2. The van der Waals surface area contributed by atoms with E-state index < -0.39 is 0 Å². The Kier molecular flexibility index (Phi) is 7.01. The van der Waals surface area contributed by atoms with Crippen LogP contribution in [0.4, 0.5) is 0 Å². The van der Waals surface area contributed by atoms with Crippen molar-refractivity contribution in [3.05, 3.63) is 188 Å². The number of aryl methyl sites for hydroxylation is 2. The average Bonchev–Trinajstić information content (AvgIpc) is 3.75. The Morgan fingerprint density at radius 3 is 1.02 bits per heavy atom. The molecule has 0 fully saturated rings. The highest BCUT2D eigenvalue weighted by molar-refractivity contribution is 5.93. The molecule has 284 valence electrons. The Bertz CT molecular complexity index is 2990. The van der Waals surface area contributed by atoms with E-state index in [4.69, 9.17) is 0 Å². The Balaban J connectivity index is 0.909. The van der Waals surface area contributed by atoms with Crippen LogP contribution in [0.15, 0.2) is 121 Å². The summed E-state index contributed by atoms with van der Waals surface area (Å²) in [7, 11) is 0. The van der Waals surface area contributed by atoms with Gasteiger partial charge in [0.15, 0.2) is 0 Å². The van der Waals surface area contributed by atoms with Crippen molar-refractivity contribution in [1.29, 1.82) is 0 Å². The van der Waals surface area contributed by atoms with Gasteiger partial charge in [-0.1, -0.05) is 170 Å². The molecular weight excluding hydrogens is 697 g/mol. The van der Waals surface area contributed by atoms with Crippen molar-refractivity contribution >= 4 is 12.2 Å². The lowest BCUT2D eigenvalue weighted by Crippen LogP contribution is -2.17. The highest BCUT2D eigenvalue weighted by atomic mass is 14.5. The molecule has 0 saturated carbocycles. The lowest BCUT2D eigenvalue weighted by molar-refractivity contribution is 0.651. The summed E-state index contributed by atoms with van der Waals surface area (Å²) in [5.74, 6) is 0. The average molecular weight is 749 g/mol. The zero-order chi connectivity index (χ0) is 40.3. The summed E-state index contributed by atoms with van der Waals surface area (Å²) in [5.41, 5.74) is 30.0. The predicted octanol–water partition coefficient (Wildman–Crippen LogP) is 15.4. The second-order valence-electron chi connectivity index (χ2n) is 20.0. The van der Waals surface area contributed by atoms with E-state index in [9.17, 15) is 0 Å². The summed E-state index contributed by atoms with van der Waals surface area (Å²) in [6, 6.07) is 47.4. The van der Waals surface area contributed by atoms with E-state index in [0.29, 0.717) is 0 Å². The third kappa shape index (κ3) is 4.69. The topological polar surface area (TPSA) is 0 Å². The summed E-state index contributed by atoms with van der Waals surface area (Å²) in [5, 5.41) is 0. The fourth-order valence-electron chi connectivity index (χ4n) is 11.4. The fourth-order valence-corrected chi connectivity index (χ4v) is 11.4. The molecule has 0 nitrogen and oxygen atoms in total. The van der Waals surface area contributed by atoms with E-state index in [1.165, 1.54) is 122 Å². The van der Waals surface area contributed by atoms with Gasteiger partial charge in [-0.25, -0.2) is 0 Å². The molecule has 0 aliphatic heterocycles. The van der Waals surface area contributed by atoms with Gasteiger partial charge < -0.3 is 0 Å². The maximum atomic E-state index is 2.53. The normalized spacial score (nSPS) is 17.3. The van der Waals surface area contributed by atoms with Crippen molar-refractivity contribution < 1.29 is 0 Å². The minimum absolute atomic E-state index is 0.0121. The summed E-state index contributed by atoms with van der Waals surface area (Å²) in [6.45, 7) is 23.6. The van der Waals surface area contributed by atoms with Crippen LogP contribution in [-0.2, 0) is 21.7 Å². The summed E-state index contributed by atoms with van der Waals surface area (Å²) in [4.78, 5) is 0. The molecule has 0 heterocycles. The van der Waals surface area contributed by atoms with Crippen molar-refractivity contribution in [2.45, 2.75) is 90.9 Å². The van der Waals surface area contributed by atoms with Gasteiger partial charge in [-0.3, -0.25) is 0 Å². The molecular formula is C58H52. The molecule has 0 N–H and O–H groups in total. The van der Waals surface area contributed by atoms with E-state index in [1.807, 2.05) is 0 Å². The van der Waals surface area contributed by atoms with E-state index in [-0.39, 0.29) is 21.7 Å². The first-order valence-corrected chi connectivity index (χ1v) is 21.2. The minimum Gasteiger partial charge on any atom is -0.0587 e. The first kappa shape index (κ1) is 35.4. The number of hydrogen-bond acceptors (Lipinski definition) is 0. The van der Waals surface area contributed by atoms with Crippen LogP contribution < -0.4 is 0 Å². The van der Waals surface area contributed by atoms with Gasteiger partial charge in [0, 0.05) is 21.7 Å². The van der Waals surface area contributed by atoms with Gasteiger partial charge in [0.2, 0.25) is 0 Å². The zero-order valence-corrected chi connectivity index (χ0v) is 35.7. The molecule has 0 heteroatoms. The molecule has 0 spiro atoms. The van der Waals surface area contributed by atoms with E-state index in [2.05, 4.69) is 203 Å². The van der Waals surface area contributed by atoms with Crippen LogP contribution in [0.2, 0.25) is 0 Å². The molecule has 4 aliphatic rings. The molecule has 58 heavy (non-hydrogen) atoms. The van der Waals surface area contributed by atoms with Crippen LogP contribution in [0.25, 0.3) is 67.8 Å². The monoisotopic (exact) mass is 748 g/mol. The van der Waals surface area contributed by atoms with Crippen LogP contribution in [0.1, 0.15) is 122 Å². The predicted molar refractivity (Wildman–Crippen MR) is 247 cm³/mol. The van der Waals surface area contributed by atoms with Crippen LogP contribution >= 0.6 is 0 Å². The lowest BCUT2D eigenvalue weighted by Gasteiger charge is -2.24. The Morgan fingerprint density at radius 1 is 0.276 bits per heavy atom. The highest BCUT2D eigenvalue weighted by Crippen LogP contribution is 2.58. The lowest BCUT2D eigenvalue weighted by atomic mass is 9.79. The molecule has 7 aromatic carbocycles. The Morgan fingerprint density at radius 2 is 0.586 bits per heavy atom. The number of rotatable bonds is 3. The number of hydrogen-bond donors (Lipinski definition) is 0. The summed E-state index contributed by atoms with van der Waals surface area (Å²) in [6.07, 6.45) is 4.63. The SMILES string of the molecule is Cc1ccc(-c2ccc3c(c2)C(C)(C)c2cc4c(cc2-3)C(C)(C)c2cc(/C=C/c3ccc5c(c3)C(C)(C)c3cc6c(cc3-5)C(C)(C)c3cc(C)ccc3-6)ccc2-4)cc1.